The molecule has 104 valence electrons. The van der Waals surface area contributed by atoms with Crippen LogP contribution in [-0.4, -0.2) is 62.8 Å². The molecule has 18 heavy (non-hydrogen) atoms. The fraction of sp³-hybridized carbons (Fsp3) is 0.867. The molecule has 0 aromatic carbocycles. The van der Waals surface area contributed by atoms with E-state index in [1.54, 1.807) is 0 Å². The smallest absolute Gasteiger partial charge is 0.140 e. The van der Waals surface area contributed by atoms with E-state index in [1.165, 1.54) is 56.3 Å². The SMILES string of the molecule is C[N+]1(C)CCCC(C#CC[N+]2(C)CCCC2)C1.[Br-]. The molecule has 2 aliphatic heterocycles. The van der Waals surface area contributed by atoms with Gasteiger partial charge in [0.05, 0.1) is 53.2 Å². The molecule has 0 aliphatic carbocycles. The molecule has 2 nitrogen and oxygen atoms in total. The largest absolute Gasteiger partial charge is 1.00 e. The van der Waals surface area contributed by atoms with E-state index in [9.17, 15) is 0 Å². The van der Waals surface area contributed by atoms with Gasteiger partial charge in [0, 0.05) is 12.8 Å². The minimum Gasteiger partial charge on any atom is -1.00 e. The van der Waals surface area contributed by atoms with Gasteiger partial charge in [-0.15, -0.1) is 0 Å². The van der Waals surface area contributed by atoms with Crippen LogP contribution in [0, 0.1) is 17.8 Å². The van der Waals surface area contributed by atoms with Crippen LogP contribution in [-0.2, 0) is 0 Å². The number of hydrogen-bond acceptors (Lipinski definition) is 0. The van der Waals surface area contributed by atoms with Crippen LogP contribution in [0.25, 0.3) is 0 Å². The molecule has 2 fully saturated rings. The third-order valence-corrected chi connectivity index (χ3v) is 4.44. The molecule has 2 saturated heterocycles. The van der Waals surface area contributed by atoms with E-state index in [0.29, 0.717) is 5.92 Å². The molecular weight excluding hydrogens is 288 g/mol. The van der Waals surface area contributed by atoms with Gasteiger partial charge in [-0.2, -0.15) is 0 Å². The van der Waals surface area contributed by atoms with Gasteiger partial charge in [0.1, 0.15) is 6.54 Å². The third-order valence-electron chi connectivity index (χ3n) is 4.44. The number of halogens is 1. The highest BCUT2D eigenvalue weighted by Gasteiger charge is 2.27. The van der Waals surface area contributed by atoms with E-state index in [-0.39, 0.29) is 17.0 Å². The van der Waals surface area contributed by atoms with Crippen molar-refractivity contribution in [1.82, 2.24) is 0 Å². The van der Waals surface area contributed by atoms with Crippen LogP contribution in [0.3, 0.4) is 0 Å². The molecule has 2 heterocycles. The molecule has 0 amide bonds. The molecule has 0 spiro atoms. The number of likely N-dealkylation sites (tertiary alicyclic amines) is 2. The van der Waals surface area contributed by atoms with Crippen molar-refractivity contribution in [2.75, 3.05) is 53.9 Å². The van der Waals surface area contributed by atoms with Gasteiger partial charge >= 0.3 is 0 Å². The summed E-state index contributed by atoms with van der Waals surface area (Å²) in [5.74, 6) is 7.68. The van der Waals surface area contributed by atoms with E-state index < -0.39 is 0 Å². The topological polar surface area (TPSA) is 0 Å². The van der Waals surface area contributed by atoms with Crippen molar-refractivity contribution >= 4 is 0 Å². The Kier molecular flexibility index (Phi) is 5.70. The Morgan fingerprint density at radius 3 is 2.28 bits per heavy atom. The summed E-state index contributed by atoms with van der Waals surface area (Å²) in [6.45, 7) is 6.31. The molecule has 2 rings (SSSR count). The van der Waals surface area contributed by atoms with Gasteiger partial charge in [-0.25, -0.2) is 0 Å². The Balaban J connectivity index is 0.00000162. The van der Waals surface area contributed by atoms with Crippen LogP contribution in [0.4, 0.5) is 0 Å². The molecule has 0 saturated carbocycles. The van der Waals surface area contributed by atoms with Crippen LogP contribution in [0.5, 0.6) is 0 Å². The van der Waals surface area contributed by atoms with E-state index in [1.807, 2.05) is 0 Å². The maximum absolute atomic E-state index is 3.55. The first-order valence-electron chi connectivity index (χ1n) is 7.13. The number of piperidine rings is 1. The van der Waals surface area contributed by atoms with Crippen LogP contribution >= 0.6 is 0 Å². The Morgan fingerprint density at radius 1 is 1.00 bits per heavy atom. The summed E-state index contributed by atoms with van der Waals surface area (Å²) in [5, 5.41) is 0. The van der Waals surface area contributed by atoms with Gasteiger partial charge in [-0.1, -0.05) is 5.92 Å². The monoisotopic (exact) mass is 315 g/mol. The van der Waals surface area contributed by atoms with Crippen molar-refractivity contribution in [3.05, 3.63) is 0 Å². The van der Waals surface area contributed by atoms with Crippen molar-refractivity contribution in [1.29, 1.82) is 0 Å². The minimum atomic E-state index is 0. The third kappa shape index (κ3) is 4.57. The quantitative estimate of drug-likeness (QED) is 0.418. The van der Waals surface area contributed by atoms with E-state index in [2.05, 4.69) is 33.0 Å². The summed E-state index contributed by atoms with van der Waals surface area (Å²) >= 11 is 0. The molecule has 1 atom stereocenters. The van der Waals surface area contributed by atoms with Crippen molar-refractivity contribution < 1.29 is 25.9 Å². The summed E-state index contributed by atoms with van der Waals surface area (Å²) in [4.78, 5) is 0. The van der Waals surface area contributed by atoms with Crippen LogP contribution in [0.1, 0.15) is 25.7 Å². The average Bonchev–Trinajstić information content (AvgIpc) is 2.64. The lowest BCUT2D eigenvalue weighted by atomic mass is 9.97. The van der Waals surface area contributed by atoms with Gasteiger partial charge in [0.15, 0.2) is 0 Å². The fourth-order valence-electron chi connectivity index (χ4n) is 3.30. The van der Waals surface area contributed by atoms with Crippen molar-refractivity contribution in [2.45, 2.75) is 25.7 Å². The zero-order valence-electron chi connectivity index (χ0n) is 12.2. The zero-order chi connectivity index (χ0) is 12.4. The normalized spacial score (nSPS) is 28.9. The lowest BCUT2D eigenvalue weighted by Crippen LogP contribution is -3.00. The summed E-state index contributed by atoms with van der Waals surface area (Å²) in [7, 11) is 7.03. The summed E-state index contributed by atoms with van der Waals surface area (Å²) in [6, 6.07) is 0. The first-order valence-corrected chi connectivity index (χ1v) is 7.13. The lowest BCUT2D eigenvalue weighted by Gasteiger charge is -2.36. The molecule has 0 aromatic rings. The second kappa shape index (κ2) is 6.41. The van der Waals surface area contributed by atoms with Gasteiger partial charge in [0.25, 0.3) is 0 Å². The first-order chi connectivity index (χ1) is 7.99. The summed E-state index contributed by atoms with van der Waals surface area (Å²) < 4.78 is 2.35. The predicted molar refractivity (Wildman–Crippen MR) is 72.4 cm³/mol. The minimum absolute atomic E-state index is 0. The number of nitrogens with zero attached hydrogens (tertiary/aromatic N) is 2. The molecule has 1 unspecified atom stereocenters. The first kappa shape index (κ1) is 16.0. The second-order valence-corrected chi connectivity index (χ2v) is 6.93. The maximum atomic E-state index is 3.55. The standard InChI is InChI=1S/C15H28N2.BrH/c1-16(2)10-6-8-15(14-16)9-7-13-17(3)11-4-5-12-17;/h15H,4-6,8,10-14H2,1-3H3;1H/q+2;/p-1. The highest BCUT2D eigenvalue weighted by Crippen LogP contribution is 2.19. The Bertz CT molecular complexity index is 321. The second-order valence-electron chi connectivity index (χ2n) is 6.93. The van der Waals surface area contributed by atoms with E-state index in [0.717, 1.165) is 11.0 Å². The number of hydrogen-bond donors (Lipinski definition) is 0. The zero-order valence-corrected chi connectivity index (χ0v) is 13.8. The lowest BCUT2D eigenvalue weighted by molar-refractivity contribution is -0.897. The fourth-order valence-corrected chi connectivity index (χ4v) is 3.30. The van der Waals surface area contributed by atoms with Crippen LogP contribution < -0.4 is 17.0 Å². The molecule has 0 bridgehead atoms. The molecule has 0 aromatic heterocycles. The number of quaternary nitrogens is 2. The molecule has 0 radical (unpaired) electrons. The van der Waals surface area contributed by atoms with Gasteiger partial charge < -0.3 is 25.9 Å². The van der Waals surface area contributed by atoms with E-state index >= 15 is 0 Å². The Morgan fingerprint density at radius 2 is 1.67 bits per heavy atom. The van der Waals surface area contributed by atoms with Crippen molar-refractivity contribution in [3.63, 3.8) is 0 Å². The molecule has 2 aliphatic rings. The van der Waals surface area contributed by atoms with Gasteiger partial charge in [-0.05, 0) is 18.8 Å². The molecule has 0 N–H and O–H groups in total. The number of rotatable bonds is 1. The molecular formula is C15H28BrN2+. The highest BCUT2D eigenvalue weighted by atomic mass is 79.9. The van der Waals surface area contributed by atoms with Gasteiger partial charge in [0.2, 0.25) is 0 Å². The predicted octanol–water partition coefficient (Wildman–Crippen LogP) is -1.28. The Labute approximate surface area is 123 Å². The van der Waals surface area contributed by atoms with E-state index in [4.69, 9.17) is 0 Å². The average molecular weight is 316 g/mol. The van der Waals surface area contributed by atoms with Crippen LogP contribution in [0.2, 0.25) is 0 Å². The van der Waals surface area contributed by atoms with Crippen molar-refractivity contribution in [2.24, 2.45) is 5.92 Å². The van der Waals surface area contributed by atoms with Crippen LogP contribution in [0.15, 0.2) is 0 Å². The summed E-state index contributed by atoms with van der Waals surface area (Å²) in [5.41, 5.74) is 0. The highest BCUT2D eigenvalue weighted by molar-refractivity contribution is 5.04. The van der Waals surface area contributed by atoms with Gasteiger partial charge in [-0.3, -0.25) is 0 Å². The Hall–Kier alpha value is -0.0400. The molecule has 3 heteroatoms. The summed E-state index contributed by atoms with van der Waals surface area (Å²) in [6.07, 6.45) is 5.45. The van der Waals surface area contributed by atoms with Crippen molar-refractivity contribution in [3.8, 4) is 11.8 Å². The maximum Gasteiger partial charge on any atom is 0.140 e.